The van der Waals surface area contributed by atoms with E-state index in [-0.39, 0.29) is 29.5 Å². The zero-order chi connectivity index (χ0) is 19.0. The highest BCUT2D eigenvalue weighted by Gasteiger charge is 2.22. The van der Waals surface area contributed by atoms with Crippen LogP contribution in [0.4, 0.5) is 0 Å². The van der Waals surface area contributed by atoms with Gasteiger partial charge < -0.3 is 15.0 Å². The number of carbonyl (C=O) groups excluding carboxylic acids is 1. The molecule has 3 N–H and O–H groups in total. The summed E-state index contributed by atoms with van der Waals surface area (Å²) in [7, 11) is 1.53. The number of rotatable bonds is 4. The number of aryl methyl sites for hydroxylation is 2. The largest absolute Gasteiger partial charge is 0.493 e. The normalized spacial score (nSPS) is 16.0. The van der Waals surface area contributed by atoms with Gasteiger partial charge in [0.25, 0.3) is 5.56 Å². The van der Waals surface area contributed by atoms with Gasteiger partial charge in [-0.2, -0.15) is 0 Å². The third-order valence-corrected chi connectivity index (χ3v) is 4.69. The molecule has 2 aromatic heterocycles. The molecule has 1 aliphatic heterocycles. The van der Waals surface area contributed by atoms with Crippen LogP contribution in [0.3, 0.4) is 0 Å². The molecule has 0 saturated heterocycles. The lowest BCUT2D eigenvalue weighted by atomic mass is 10.0. The van der Waals surface area contributed by atoms with Gasteiger partial charge in [-0.1, -0.05) is 18.2 Å². The average Bonchev–Trinajstić information content (AvgIpc) is 3.10. The van der Waals surface area contributed by atoms with E-state index >= 15 is 0 Å². The molecule has 9 heteroatoms. The summed E-state index contributed by atoms with van der Waals surface area (Å²) in [6, 6.07) is 7.58. The molecule has 1 amide bonds. The fourth-order valence-corrected chi connectivity index (χ4v) is 3.26. The molecular formula is C18H19N5O4. The molecule has 1 unspecified atom stereocenters. The zero-order valence-electron chi connectivity index (χ0n) is 14.7. The van der Waals surface area contributed by atoms with Crippen molar-refractivity contribution < 1.29 is 9.53 Å². The van der Waals surface area contributed by atoms with Crippen LogP contribution in [0.5, 0.6) is 5.75 Å². The number of aromatic nitrogens is 4. The van der Waals surface area contributed by atoms with Crippen molar-refractivity contribution >= 4 is 17.1 Å². The van der Waals surface area contributed by atoms with Gasteiger partial charge in [-0.3, -0.25) is 19.1 Å². The van der Waals surface area contributed by atoms with Crippen molar-refractivity contribution in [3.05, 3.63) is 56.5 Å². The van der Waals surface area contributed by atoms with Crippen LogP contribution in [0.15, 0.2) is 33.9 Å². The Morgan fingerprint density at radius 2 is 2.15 bits per heavy atom. The monoisotopic (exact) mass is 369 g/mol. The fraction of sp³-hybridized carbons (Fsp3) is 0.333. The van der Waals surface area contributed by atoms with Crippen molar-refractivity contribution in [3.8, 4) is 5.75 Å². The lowest BCUT2D eigenvalue weighted by Crippen LogP contribution is -2.32. The van der Waals surface area contributed by atoms with Gasteiger partial charge in [-0.15, -0.1) is 0 Å². The van der Waals surface area contributed by atoms with Gasteiger partial charge in [0.1, 0.15) is 17.1 Å². The lowest BCUT2D eigenvalue weighted by molar-refractivity contribution is -0.122. The number of H-pyrrole nitrogens is 2. The molecule has 3 heterocycles. The third-order valence-electron chi connectivity index (χ3n) is 4.69. The van der Waals surface area contributed by atoms with Crippen LogP contribution in [0, 0.1) is 0 Å². The van der Waals surface area contributed by atoms with Crippen LogP contribution in [0.2, 0.25) is 0 Å². The Balaban J connectivity index is 1.45. The Hall–Kier alpha value is -3.36. The number of ether oxygens (including phenoxy) is 1. The number of aromatic amines is 2. The number of amides is 1. The molecule has 1 aliphatic rings. The molecule has 0 bridgehead atoms. The summed E-state index contributed by atoms with van der Waals surface area (Å²) >= 11 is 0. The average molecular weight is 369 g/mol. The Morgan fingerprint density at radius 1 is 1.33 bits per heavy atom. The molecule has 0 saturated carbocycles. The highest BCUT2D eigenvalue weighted by Crippen LogP contribution is 2.31. The van der Waals surface area contributed by atoms with Crippen LogP contribution < -0.4 is 21.3 Å². The number of nitrogens with one attached hydrogen (secondary N) is 3. The predicted molar refractivity (Wildman–Crippen MR) is 97.7 cm³/mol. The van der Waals surface area contributed by atoms with Gasteiger partial charge >= 0.3 is 5.69 Å². The summed E-state index contributed by atoms with van der Waals surface area (Å²) in [5, 5.41) is 3.03. The van der Waals surface area contributed by atoms with E-state index in [9.17, 15) is 14.4 Å². The van der Waals surface area contributed by atoms with E-state index in [4.69, 9.17) is 4.74 Å². The Bertz CT molecular complexity index is 1130. The van der Waals surface area contributed by atoms with Crippen LogP contribution >= 0.6 is 0 Å². The van der Waals surface area contributed by atoms with Gasteiger partial charge in [-0.25, -0.2) is 9.78 Å². The zero-order valence-corrected chi connectivity index (χ0v) is 14.7. The second-order valence-electron chi connectivity index (χ2n) is 6.50. The first-order valence-corrected chi connectivity index (χ1v) is 8.72. The maximum atomic E-state index is 12.4. The SMILES string of the molecule is Cn1c(=O)[nH]c(=O)c2[nH]c(CCC(=O)NC3CCOc4ccccc43)nc21. The van der Waals surface area contributed by atoms with Crippen molar-refractivity contribution in [1.29, 1.82) is 0 Å². The second-order valence-corrected chi connectivity index (χ2v) is 6.50. The van der Waals surface area contributed by atoms with Gasteiger partial charge in [0, 0.05) is 31.9 Å². The third kappa shape index (κ3) is 3.23. The predicted octanol–water partition coefficient (Wildman–Crippen LogP) is 0.522. The summed E-state index contributed by atoms with van der Waals surface area (Å²) in [4.78, 5) is 45.2. The molecule has 4 rings (SSSR count). The van der Waals surface area contributed by atoms with Crippen molar-refractivity contribution in [1.82, 2.24) is 24.8 Å². The van der Waals surface area contributed by atoms with E-state index in [1.54, 1.807) is 0 Å². The van der Waals surface area contributed by atoms with Crippen LogP contribution in [0.25, 0.3) is 11.2 Å². The molecule has 9 nitrogen and oxygen atoms in total. The van der Waals surface area contributed by atoms with Crippen molar-refractivity contribution in [2.45, 2.75) is 25.3 Å². The van der Waals surface area contributed by atoms with E-state index < -0.39 is 11.2 Å². The number of benzene rings is 1. The van der Waals surface area contributed by atoms with Gasteiger partial charge in [-0.05, 0) is 6.07 Å². The van der Waals surface area contributed by atoms with Gasteiger partial charge in [0.2, 0.25) is 5.91 Å². The first-order valence-electron chi connectivity index (χ1n) is 8.72. The molecule has 1 aromatic carbocycles. The first-order chi connectivity index (χ1) is 13.0. The summed E-state index contributed by atoms with van der Waals surface area (Å²) in [5.74, 6) is 1.17. The van der Waals surface area contributed by atoms with Crippen molar-refractivity contribution in [3.63, 3.8) is 0 Å². The van der Waals surface area contributed by atoms with E-state index in [0.717, 1.165) is 11.3 Å². The summed E-state index contributed by atoms with van der Waals surface area (Å²) in [6.07, 6.45) is 1.26. The van der Waals surface area contributed by atoms with Crippen molar-refractivity contribution in [2.24, 2.45) is 7.05 Å². The highest BCUT2D eigenvalue weighted by molar-refractivity contribution is 5.77. The Morgan fingerprint density at radius 3 is 3.00 bits per heavy atom. The molecule has 0 spiro atoms. The van der Waals surface area contributed by atoms with E-state index in [2.05, 4.69) is 20.3 Å². The number of nitrogens with zero attached hydrogens (tertiary/aromatic N) is 2. The number of hydrogen-bond donors (Lipinski definition) is 3. The molecular weight excluding hydrogens is 350 g/mol. The quantitative estimate of drug-likeness (QED) is 0.619. The second kappa shape index (κ2) is 6.75. The number of imidazole rings is 1. The Labute approximate surface area is 153 Å². The summed E-state index contributed by atoms with van der Waals surface area (Å²) in [6.45, 7) is 0.558. The standard InChI is InChI=1S/C18H19N5O4/c1-23-16-15(17(25)22-18(23)26)20-13(21-16)6-7-14(24)19-11-8-9-27-12-5-3-2-4-10(11)12/h2-5,11H,6-9H2,1H3,(H,19,24)(H,20,21)(H,22,25,26). The molecule has 0 aliphatic carbocycles. The topological polar surface area (TPSA) is 122 Å². The summed E-state index contributed by atoms with van der Waals surface area (Å²) in [5.41, 5.74) is 0.433. The number of para-hydroxylation sites is 1. The maximum Gasteiger partial charge on any atom is 0.329 e. The van der Waals surface area contributed by atoms with Crippen LogP contribution in [-0.2, 0) is 18.3 Å². The smallest absolute Gasteiger partial charge is 0.329 e. The fourth-order valence-electron chi connectivity index (χ4n) is 3.26. The van der Waals surface area contributed by atoms with E-state index in [1.807, 2.05) is 24.3 Å². The lowest BCUT2D eigenvalue weighted by Gasteiger charge is -2.26. The van der Waals surface area contributed by atoms with Gasteiger partial charge in [0.05, 0.1) is 12.6 Å². The first kappa shape index (κ1) is 17.1. The van der Waals surface area contributed by atoms with Gasteiger partial charge in [0.15, 0.2) is 5.65 Å². The maximum absolute atomic E-state index is 12.4. The Kier molecular flexibility index (Phi) is 4.27. The minimum Gasteiger partial charge on any atom is -0.493 e. The molecule has 0 radical (unpaired) electrons. The van der Waals surface area contributed by atoms with Crippen molar-refractivity contribution in [2.75, 3.05) is 6.61 Å². The summed E-state index contributed by atoms with van der Waals surface area (Å²) < 4.78 is 6.86. The number of fused-ring (bicyclic) bond motifs is 2. The molecule has 27 heavy (non-hydrogen) atoms. The minimum absolute atomic E-state index is 0.0817. The minimum atomic E-state index is -0.526. The molecule has 1 atom stereocenters. The van der Waals surface area contributed by atoms with Crippen LogP contribution in [-0.4, -0.2) is 32.0 Å². The number of hydrogen-bond acceptors (Lipinski definition) is 5. The number of carbonyl (C=O) groups is 1. The molecule has 0 fully saturated rings. The van der Waals surface area contributed by atoms with E-state index in [0.29, 0.717) is 25.3 Å². The molecule has 3 aromatic rings. The van der Waals surface area contributed by atoms with E-state index in [1.165, 1.54) is 11.6 Å². The molecule has 140 valence electrons. The highest BCUT2D eigenvalue weighted by atomic mass is 16.5. The van der Waals surface area contributed by atoms with Crippen LogP contribution in [0.1, 0.15) is 30.3 Å².